The third-order valence-corrected chi connectivity index (χ3v) is 5.34. The van der Waals surface area contributed by atoms with Crippen LogP contribution in [-0.2, 0) is 6.42 Å². The van der Waals surface area contributed by atoms with Crippen LogP contribution in [0.2, 0.25) is 0 Å². The molecule has 1 aliphatic heterocycles. The van der Waals surface area contributed by atoms with Crippen LogP contribution in [0.1, 0.15) is 29.1 Å². The van der Waals surface area contributed by atoms with Gasteiger partial charge in [0.1, 0.15) is 17.4 Å². The fourth-order valence-corrected chi connectivity index (χ4v) is 3.61. The van der Waals surface area contributed by atoms with Gasteiger partial charge in [0.25, 0.3) is 5.91 Å². The van der Waals surface area contributed by atoms with E-state index in [0.29, 0.717) is 31.2 Å². The van der Waals surface area contributed by atoms with Crippen molar-refractivity contribution in [1.82, 2.24) is 15.0 Å². The zero-order valence-corrected chi connectivity index (χ0v) is 16.5. The highest BCUT2D eigenvalue weighted by Gasteiger charge is 2.27. The molecule has 1 amide bonds. The Morgan fingerprint density at radius 2 is 1.90 bits per heavy atom. The molecule has 1 aliphatic rings. The van der Waals surface area contributed by atoms with E-state index < -0.39 is 17.5 Å². The van der Waals surface area contributed by atoms with E-state index in [1.807, 2.05) is 24.3 Å². The Hall–Kier alpha value is -3.29. The summed E-state index contributed by atoms with van der Waals surface area (Å²) < 4.78 is 37.8. The summed E-state index contributed by atoms with van der Waals surface area (Å²) in [6.45, 7) is 0.942. The molecule has 1 aromatic heterocycles. The molecular formula is C22H21F2N3O3. The van der Waals surface area contributed by atoms with Gasteiger partial charge in [0.2, 0.25) is 11.7 Å². The minimum absolute atomic E-state index is 0.227. The lowest BCUT2D eigenvalue weighted by atomic mass is 9.93. The minimum Gasteiger partial charge on any atom is -0.497 e. The van der Waals surface area contributed by atoms with Gasteiger partial charge in [0.15, 0.2) is 0 Å². The van der Waals surface area contributed by atoms with E-state index in [4.69, 9.17) is 9.26 Å². The van der Waals surface area contributed by atoms with Crippen molar-refractivity contribution in [1.29, 1.82) is 0 Å². The summed E-state index contributed by atoms with van der Waals surface area (Å²) in [6.07, 6.45) is 2.06. The molecule has 1 fully saturated rings. The monoisotopic (exact) mass is 413 g/mol. The van der Waals surface area contributed by atoms with Gasteiger partial charge in [-0.25, -0.2) is 8.78 Å². The molecule has 0 radical (unpaired) electrons. The molecule has 156 valence electrons. The molecule has 3 aromatic rings. The van der Waals surface area contributed by atoms with Crippen LogP contribution in [0.4, 0.5) is 8.78 Å². The first-order valence-electron chi connectivity index (χ1n) is 9.75. The summed E-state index contributed by atoms with van der Waals surface area (Å²) in [5.74, 6) is 0.269. The van der Waals surface area contributed by atoms with Crippen molar-refractivity contribution in [3.63, 3.8) is 0 Å². The Balaban J connectivity index is 1.34. The van der Waals surface area contributed by atoms with Crippen molar-refractivity contribution in [3.05, 3.63) is 65.6 Å². The van der Waals surface area contributed by atoms with Gasteiger partial charge in [-0.15, -0.1) is 0 Å². The zero-order valence-electron chi connectivity index (χ0n) is 16.5. The molecule has 0 unspecified atom stereocenters. The van der Waals surface area contributed by atoms with Crippen molar-refractivity contribution >= 4 is 5.91 Å². The highest BCUT2D eigenvalue weighted by molar-refractivity contribution is 5.94. The Bertz CT molecular complexity index is 1030. The maximum atomic E-state index is 13.9. The van der Waals surface area contributed by atoms with Crippen molar-refractivity contribution in [3.8, 4) is 17.1 Å². The number of aromatic nitrogens is 2. The second-order valence-electron chi connectivity index (χ2n) is 7.30. The molecule has 0 saturated carbocycles. The number of carbonyl (C=O) groups excluding carboxylic acids is 1. The molecule has 0 aliphatic carbocycles. The number of hydrogen-bond acceptors (Lipinski definition) is 5. The van der Waals surface area contributed by atoms with E-state index in [1.165, 1.54) is 0 Å². The lowest BCUT2D eigenvalue weighted by Gasteiger charge is -2.31. The third-order valence-electron chi connectivity index (χ3n) is 5.34. The number of ether oxygens (including phenoxy) is 1. The molecule has 0 N–H and O–H groups in total. The van der Waals surface area contributed by atoms with Crippen LogP contribution in [0, 0.1) is 17.6 Å². The normalized spacial score (nSPS) is 14.7. The number of methoxy groups -OCH3 is 1. The number of likely N-dealkylation sites (tertiary alicyclic amines) is 1. The number of piperidine rings is 1. The predicted molar refractivity (Wildman–Crippen MR) is 105 cm³/mol. The van der Waals surface area contributed by atoms with Crippen molar-refractivity contribution in [2.24, 2.45) is 5.92 Å². The molecule has 2 heterocycles. The molecular weight excluding hydrogens is 392 g/mol. The molecule has 6 nitrogen and oxygen atoms in total. The second-order valence-corrected chi connectivity index (χ2v) is 7.30. The summed E-state index contributed by atoms with van der Waals surface area (Å²) in [4.78, 5) is 18.5. The smallest absolute Gasteiger partial charge is 0.256 e. The van der Waals surface area contributed by atoms with Gasteiger partial charge in [0.05, 0.1) is 12.7 Å². The Morgan fingerprint density at radius 3 is 2.60 bits per heavy atom. The van der Waals surface area contributed by atoms with Crippen LogP contribution < -0.4 is 4.74 Å². The maximum Gasteiger partial charge on any atom is 0.256 e. The number of benzene rings is 2. The quantitative estimate of drug-likeness (QED) is 0.630. The predicted octanol–water partition coefficient (Wildman–Crippen LogP) is 4.12. The first-order chi connectivity index (χ1) is 14.5. The van der Waals surface area contributed by atoms with Gasteiger partial charge in [-0.2, -0.15) is 4.98 Å². The maximum absolute atomic E-state index is 13.9. The topological polar surface area (TPSA) is 68.5 Å². The van der Waals surface area contributed by atoms with Gasteiger partial charge in [-0.05, 0) is 61.2 Å². The second kappa shape index (κ2) is 8.61. The van der Waals surface area contributed by atoms with Crippen LogP contribution in [0.25, 0.3) is 11.4 Å². The van der Waals surface area contributed by atoms with E-state index in [2.05, 4.69) is 10.1 Å². The first kappa shape index (κ1) is 20.0. The molecule has 2 aromatic carbocycles. The fourth-order valence-electron chi connectivity index (χ4n) is 3.61. The molecule has 4 rings (SSSR count). The van der Waals surface area contributed by atoms with Gasteiger partial charge in [-0.3, -0.25) is 4.79 Å². The number of amides is 1. The first-order valence-corrected chi connectivity index (χ1v) is 9.75. The fraction of sp³-hybridized carbons (Fsp3) is 0.318. The van der Waals surface area contributed by atoms with E-state index in [0.717, 1.165) is 42.4 Å². The SMILES string of the molecule is COc1ccc(-c2noc(CC3CCN(C(=O)c4cc(F)ccc4F)CC3)n2)cc1. The summed E-state index contributed by atoms with van der Waals surface area (Å²) in [5.41, 5.74) is 0.609. The van der Waals surface area contributed by atoms with Crippen molar-refractivity contribution < 1.29 is 22.8 Å². The average molecular weight is 413 g/mol. The molecule has 0 spiro atoms. The van der Waals surface area contributed by atoms with E-state index in [9.17, 15) is 13.6 Å². The summed E-state index contributed by atoms with van der Waals surface area (Å²) in [6, 6.07) is 10.3. The summed E-state index contributed by atoms with van der Waals surface area (Å²) >= 11 is 0. The van der Waals surface area contributed by atoms with Crippen molar-refractivity contribution in [2.75, 3.05) is 20.2 Å². The Labute approximate surface area is 172 Å². The number of nitrogens with zero attached hydrogens (tertiary/aromatic N) is 3. The van der Waals surface area contributed by atoms with E-state index in [1.54, 1.807) is 12.0 Å². The lowest BCUT2D eigenvalue weighted by molar-refractivity contribution is 0.0682. The number of hydrogen-bond donors (Lipinski definition) is 0. The summed E-state index contributed by atoms with van der Waals surface area (Å²) in [5, 5.41) is 4.04. The van der Waals surface area contributed by atoms with E-state index >= 15 is 0 Å². The largest absolute Gasteiger partial charge is 0.497 e. The van der Waals surface area contributed by atoms with Crippen LogP contribution in [0.3, 0.4) is 0 Å². The highest BCUT2D eigenvalue weighted by atomic mass is 19.1. The molecule has 8 heteroatoms. The van der Waals surface area contributed by atoms with E-state index in [-0.39, 0.29) is 11.5 Å². The minimum atomic E-state index is -0.708. The molecule has 0 atom stereocenters. The van der Waals surface area contributed by atoms with Gasteiger partial charge in [0, 0.05) is 25.1 Å². The van der Waals surface area contributed by atoms with Gasteiger partial charge in [-0.1, -0.05) is 5.16 Å². The third kappa shape index (κ3) is 4.32. The number of halogens is 2. The van der Waals surface area contributed by atoms with Crippen LogP contribution in [-0.4, -0.2) is 41.1 Å². The molecule has 0 bridgehead atoms. The number of carbonyl (C=O) groups is 1. The molecule has 1 saturated heterocycles. The zero-order chi connectivity index (χ0) is 21.1. The lowest BCUT2D eigenvalue weighted by Crippen LogP contribution is -2.39. The van der Waals surface area contributed by atoms with Crippen molar-refractivity contribution in [2.45, 2.75) is 19.3 Å². The number of rotatable bonds is 5. The van der Waals surface area contributed by atoms with Crippen LogP contribution in [0.15, 0.2) is 47.0 Å². The summed E-state index contributed by atoms with van der Waals surface area (Å²) in [7, 11) is 1.61. The Morgan fingerprint density at radius 1 is 1.17 bits per heavy atom. The standard InChI is InChI=1S/C22H21F2N3O3/c1-29-17-5-2-15(3-6-17)21-25-20(30-26-21)12-14-8-10-27(11-9-14)22(28)18-13-16(23)4-7-19(18)24/h2-7,13-14H,8-12H2,1H3. The van der Waals surface area contributed by atoms with Crippen LogP contribution in [0.5, 0.6) is 5.75 Å². The van der Waals surface area contributed by atoms with Gasteiger partial charge < -0.3 is 14.2 Å². The Kier molecular flexibility index (Phi) is 5.74. The van der Waals surface area contributed by atoms with Crippen LogP contribution >= 0.6 is 0 Å². The average Bonchev–Trinajstić information content (AvgIpc) is 3.24. The van der Waals surface area contributed by atoms with Gasteiger partial charge >= 0.3 is 0 Å². The molecule has 30 heavy (non-hydrogen) atoms. The highest BCUT2D eigenvalue weighted by Crippen LogP contribution is 2.25.